The van der Waals surface area contributed by atoms with Gasteiger partial charge in [0.1, 0.15) is 0 Å². The maximum Gasteiger partial charge on any atom is 0.000530 e. The van der Waals surface area contributed by atoms with Crippen molar-refractivity contribution in [2.24, 2.45) is 17.3 Å². The molecule has 0 aromatic heterocycles. The Balaban J connectivity index is 1.68. The highest BCUT2D eigenvalue weighted by Crippen LogP contribution is 2.34. The summed E-state index contributed by atoms with van der Waals surface area (Å²) in [5.74, 6) is 1.79. The average molecular weight is 267 g/mol. The summed E-state index contributed by atoms with van der Waals surface area (Å²) in [6, 6.07) is 0. The van der Waals surface area contributed by atoms with Crippen molar-refractivity contribution in [3.05, 3.63) is 0 Å². The number of hydrogen-bond donors (Lipinski definition) is 2. The van der Waals surface area contributed by atoms with E-state index < -0.39 is 0 Å². The fraction of sp³-hybridized carbons (Fsp3) is 1.00. The van der Waals surface area contributed by atoms with E-state index in [1.165, 1.54) is 65.0 Å². The zero-order chi connectivity index (χ0) is 13.7. The summed E-state index contributed by atoms with van der Waals surface area (Å²) in [5.41, 5.74) is 0.453. The Hall–Kier alpha value is -0.120. The second kappa shape index (κ2) is 7.05. The Kier molecular flexibility index (Phi) is 5.67. The number of piperidine rings is 2. The van der Waals surface area contributed by atoms with Gasteiger partial charge in [0.05, 0.1) is 0 Å². The molecule has 2 saturated heterocycles. The van der Waals surface area contributed by atoms with Gasteiger partial charge >= 0.3 is 0 Å². The summed E-state index contributed by atoms with van der Waals surface area (Å²) in [6.45, 7) is 12.3. The average Bonchev–Trinajstić information content (AvgIpc) is 2.40. The summed E-state index contributed by atoms with van der Waals surface area (Å²) in [4.78, 5) is 2.47. The first-order chi connectivity index (χ1) is 9.08. The quantitative estimate of drug-likeness (QED) is 0.797. The van der Waals surface area contributed by atoms with E-state index in [9.17, 15) is 0 Å². The third-order valence-corrected chi connectivity index (χ3v) is 5.30. The SMILES string of the molecule is CN1CCC(C(C)(C)CNCC2CCNCC2)CC1. The molecule has 19 heavy (non-hydrogen) atoms. The molecule has 0 aromatic rings. The van der Waals surface area contributed by atoms with Crippen LogP contribution in [0.2, 0.25) is 0 Å². The molecule has 0 aromatic carbocycles. The zero-order valence-corrected chi connectivity index (χ0v) is 13.2. The number of likely N-dealkylation sites (tertiary alicyclic amines) is 1. The lowest BCUT2D eigenvalue weighted by molar-refractivity contribution is 0.111. The first-order valence-electron chi connectivity index (χ1n) is 8.18. The van der Waals surface area contributed by atoms with Gasteiger partial charge in [0.25, 0.3) is 0 Å². The van der Waals surface area contributed by atoms with Crippen LogP contribution in [-0.4, -0.2) is 51.2 Å². The van der Waals surface area contributed by atoms with Crippen LogP contribution in [-0.2, 0) is 0 Å². The molecule has 2 rings (SSSR count). The van der Waals surface area contributed by atoms with Gasteiger partial charge in [-0.1, -0.05) is 13.8 Å². The fourth-order valence-electron chi connectivity index (χ4n) is 3.62. The molecule has 2 aliphatic rings. The Morgan fingerprint density at radius 1 is 1.11 bits per heavy atom. The van der Waals surface area contributed by atoms with Crippen LogP contribution in [0.25, 0.3) is 0 Å². The van der Waals surface area contributed by atoms with Crippen molar-refractivity contribution in [1.82, 2.24) is 15.5 Å². The summed E-state index contributed by atoms with van der Waals surface area (Å²) >= 11 is 0. The van der Waals surface area contributed by atoms with Crippen LogP contribution in [0.5, 0.6) is 0 Å². The van der Waals surface area contributed by atoms with Gasteiger partial charge in [-0.3, -0.25) is 0 Å². The van der Waals surface area contributed by atoms with Crippen molar-refractivity contribution < 1.29 is 0 Å². The van der Waals surface area contributed by atoms with Crippen LogP contribution in [0.15, 0.2) is 0 Å². The Labute approximate surface area is 119 Å². The van der Waals surface area contributed by atoms with E-state index in [0.717, 1.165) is 11.8 Å². The molecule has 0 bridgehead atoms. The second-order valence-corrected chi connectivity index (χ2v) is 7.39. The van der Waals surface area contributed by atoms with Crippen molar-refractivity contribution in [1.29, 1.82) is 0 Å². The lowest BCUT2D eigenvalue weighted by atomic mass is 9.73. The van der Waals surface area contributed by atoms with Gasteiger partial charge in [-0.2, -0.15) is 0 Å². The van der Waals surface area contributed by atoms with E-state index in [1.807, 2.05) is 0 Å². The summed E-state index contributed by atoms with van der Waals surface area (Å²) in [6.07, 6.45) is 5.44. The van der Waals surface area contributed by atoms with E-state index >= 15 is 0 Å². The van der Waals surface area contributed by atoms with E-state index in [1.54, 1.807) is 0 Å². The molecule has 0 amide bonds. The lowest BCUT2D eigenvalue weighted by Crippen LogP contribution is -2.43. The Morgan fingerprint density at radius 2 is 1.74 bits per heavy atom. The third kappa shape index (κ3) is 4.73. The molecule has 2 N–H and O–H groups in total. The van der Waals surface area contributed by atoms with Crippen LogP contribution in [0.1, 0.15) is 39.5 Å². The molecule has 112 valence electrons. The maximum absolute atomic E-state index is 3.76. The van der Waals surface area contributed by atoms with E-state index in [2.05, 4.69) is 36.4 Å². The number of nitrogens with one attached hydrogen (secondary N) is 2. The Bertz CT molecular complexity index is 251. The zero-order valence-electron chi connectivity index (χ0n) is 13.2. The van der Waals surface area contributed by atoms with Crippen LogP contribution >= 0.6 is 0 Å². The summed E-state index contributed by atoms with van der Waals surface area (Å²) in [7, 11) is 2.25. The summed E-state index contributed by atoms with van der Waals surface area (Å²) < 4.78 is 0. The molecule has 0 spiro atoms. The van der Waals surface area contributed by atoms with Crippen molar-refractivity contribution in [3.8, 4) is 0 Å². The second-order valence-electron chi connectivity index (χ2n) is 7.39. The van der Waals surface area contributed by atoms with Gasteiger partial charge in [0.15, 0.2) is 0 Å². The van der Waals surface area contributed by atoms with Crippen LogP contribution in [0.4, 0.5) is 0 Å². The molecule has 0 aliphatic carbocycles. The lowest BCUT2D eigenvalue weighted by Gasteiger charge is -2.40. The van der Waals surface area contributed by atoms with Crippen molar-refractivity contribution >= 4 is 0 Å². The van der Waals surface area contributed by atoms with Gasteiger partial charge < -0.3 is 15.5 Å². The predicted molar refractivity (Wildman–Crippen MR) is 82.5 cm³/mol. The van der Waals surface area contributed by atoms with Gasteiger partial charge in [-0.25, -0.2) is 0 Å². The molecule has 3 nitrogen and oxygen atoms in total. The minimum absolute atomic E-state index is 0.453. The standard InChI is InChI=1S/C16H33N3/c1-16(2,15-6-10-19(3)11-7-15)13-18-12-14-4-8-17-9-5-14/h14-15,17-18H,4-13H2,1-3H3. The number of hydrogen-bond acceptors (Lipinski definition) is 3. The predicted octanol–water partition coefficient (Wildman–Crippen LogP) is 1.94. The fourth-order valence-corrected chi connectivity index (χ4v) is 3.62. The first kappa shape index (κ1) is 15.3. The third-order valence-electron chi connectivity index (χ3n) is 5.30. The highest BCUT2D eigenvalue weighted by Gasteiger charge is 2.31. The molecular weight excluding hydrogens is 234 g/mol. The Morgan fingerprint density at radius 3 is 2.37 bits per heavy atom. The summed E-state index contributed by atoms with van der Waals surface area (Å²) in [5, 5.41) is 7.21. The molecule has 2 fully saturated rings. The van der Waals surface area contributed by atoms with Crippen LogP contribution < -0.4 is 10.6 Å². The van der Waals surface area contributed by atoms with Crippen molar-refractivity contribution in [2.45, 2.75) is 39.5 Å². The van der Waals surface area contributed by atoms with Crippen LogP contribution in [0.3, 0.4) is 0 Å². The minimum atomic E-state index is 0.453. The van der Waals surface area contributed by atoms with E-state index in [0.29, 0.717) is 5.41 Å². The molecule has 0 saturated carbocycles. The number of nitrogens with zero attached hydrogens (tertiary/aromatic N) is 1. The van der Waals surface area contributed by atoms with Crippen molar-refractivity contribution in [3.63, 3.8) is 0 Å². The van der Waals surface area contributed by atoms with Crippen molar-refractivity contribution in [2.75, 3.05) is 46.3 Å². The largest absolute Gasteiger partial charge is 0.317 e. The van der Waals surface area contributed by atoms with Gasteiger partial charge in [0.2, 0.25) is 0 Å². The normalized spacial score (nSPS) is 24.8. The van der Waals surface area contributed by atoms with E-state index in [-0.39, 0.29) is 0 Å². The number of rotatable bonds is 5. The highest BCUT2D eigenvalue weighted by molar-refractivity contribution is 4.85. The van der Waals surface area contributed by atoms with E-state index in [4.69, 9.17) is 0 Å². The molecule has 2 aliphatic heterocycles. The maximum atomic E-state index is 3.76. The van der Waals surface area contributed by atoms with Crippen LogP contribution in [0, 0.1) is 17.3 Å². The first-order valence-corrected chi connectivity index (χ1v) is 8.18. The minimum Gasteiger partial charge on any atom is -0.317 e. The molecule has 0 radical (unpaired) electrons. The topological polar surface area (TPSA) is 27.3 Å². The van der Waals surface area contributed by atoms with Gasteiger partial charge in [0, 0.05) is 6.54 Å². The smallest absolute Gasteiger partial charge is 0.000530 e. The van der Waals surface area contributed by atoms with Gasteiger partial charge in [-0.15, -0.1) is 0 Å². The molecule has 0 unspecified atom stereocenters. The molecule has 2 heterocycles. The molecular formula is C16H33N3. The molecule has 3 heteroatoms. The monoisotopic (exact) mass is 267 g/mol. The van der Waals surface area contributed by atoms with Gasteiger partial charge in [-0.05, 0) is 82.7 Å². The molecule has 0 atom stereocenters. The highest BCUT2D eigenvalue weighted by atomic mass is 15.1.